The maximum atomic E-state index is 4.61. The minimum atomic E-state index is 0.742. The summed E-state index contributed by atoms with van der Waals surface area (Å²) in [6.45, 7) is 7.16. The molecule has 1 N–H and O–H groups in total. The second-order valence-corrected chi connectivity index (χ2v) is 5.33. The SMILES string of the molecule is Cc1cc(C)c(NCc2cn3ccccc3n2)c(C)c1. The van der Waals surface area contributed by atoms with Crippen molar-refractivity contribution in [2.24, 2.45) is 0 Å². The first kappa shape index (κ1) is 12.7. The van der Waals surface area contributed by atoms with E-state index in [1.54, 1.807) is 0 Å². The van der Waals surface area contributed by atoms with Gasteiger partial charge in [0.15, 0.2) is 0 Å². The third-order valence-corrected chi connectivity index (χ3v) is 3.54. The number of benzene rings is 1. The van der Waals surface area contributed by atoms with Crippen LogP contribution in [0.2, 0.25) is 0 Å². The van der Waals surface area contributed by atoms with Crippen LogP contribution in [-0.2, 0) is 6.54 Å². The van der Waals surface area contributed by atoms with Crippen molar-refractivity contribution in [1.29, 1.82) is 0 Å². The molecule has 2 aromatic heterocycles. The number of aryl methyl sites for hydroxylation is 3. The molecular weight excluding hydrogens is 246 g/mol. The van der Waals surface area contributed by atoms with E-state index in [2.05, 4.69) is 49.4 Å². The first-order valence-electron chi connectivity index (χ1n) is 6.88. The summed E-state index contributed by atoms with van der Waals surface area (Å²) in [4.78, 5) is 4.61. The number of pyridine rings is 1. The van der Waals surface area contributed by atoms with Crippen LogP contribution in [0.3, 0.4) is 0 Å². The van der Waals surface area contributed by atoms with Crippen molar-refractivity contribution in [3.8, 4) is 0 Å². The zero-order valence-electron chi connectivity index (χ0n) is 12.1. The lowest BCUT2D eigenvalue weighted by atomic mass is 10.1. The van der Waals surface area contributed by atoms with E-state index < -0.39 is 0 Å². The van der Waals surface area contributed by atoms with Crippen LogP contribution in [0.15, 0.2) is 42.7 Å². The second-order valence-electron chi connectivity index (χ2n) is 5.33. The van der Waals surface area contributed by atoms with E-state index in [0.29, 0.717) is 0 Å². The van der Waals surface area contributed by atoms with Crippen molar-refractivity contribution >= 4 is 11.3 Å². The molecule has 3 aromatic rings. The maximum absolute atomic E-state index is 4.61. The van der Waals surface area contributed by atoms with E-state index in [0.717, 1.165) is 17.9 Å². The van der Waals surface area contributed by atoms with Crippen molar-refractivity contribution < 1.29 is 0 Å². The van der Waals surface area contributed by atoms with Crippen molar-refractivity contribution in [2.75, 3.05) is 5.32 Å². The van der Waals surface area contributed by atoms with E-state index in [4.69, 9.17) is 0 Å². The van der Waals surface area contributed by atoms with Gasteiger partial charge >= 0.3 is 0 Å². The van der Waals surface area contributed by atoms with Crippen LogP contribution < -0.4 is 5.32 Å². The monoisotopic (exact) mass is 265 g/mol. The fourth-order valence-electron chi connectivity index (χ4n) is 2.71. The van der Waals surface area contributed by atoms with Gasteiger partial charge in [0.25, 0.3) is 0 Å². The summed E-state index contributed by atoms with van der Waals surface area (Å²) in [6, 6.07) is 10.5. The van der Waals surface area contributed by atoms with Crippen LogP contribution in [-0.4, -0.2) is 9.38 Å². The normalized spacial score (nSPS) is 10.9. The molecule has 0 radical (unpaired) electrons. The molecule has 0 saturated carbocycles. The topological polar surface area (TPSA) is 29.3 Å². The number of hydrogen-bond acceptors (Lipinski definition) is 2. The summed E-state index contributed by atoms with van der Waals surface area (Å²) in [5.41, 5.74) is 7.13. The number of nitrogens with one attached hydrogen (secondary N) is 1. The quantitative estimate of drug-likeness (QED) is 0.779. The van der Waals surface area contributed by atoms with Crippen LogP contribution in [0, 0.1) is 20.8 Å². The van der Waals surface area contributed by atoms with Crippen LogP contribution >= 0.6 is 0 Å². The fraction of sp³-hybridized carbons (Fsp3) is 0.235. The summed E-state index contributed by atoms with van der Waals surface area (Å²) < 4.78 is 2.05. The largest absolute Gasteiger partial charge is 0.379 e. The highest BCUT2D eigenvalue weighted by Gasteiger charge is 2.05. The number of nitrogens with zero attached hydrogens (tertiary/aromatic N) is 2. The Balaban J connectivity index is 1.83. The Morgan fingerprint density at radius 2 is 1.85 bits per heavy atom. The summed E-state index contributed by atoms with van der Waals surface area (Å²) in [7, 11) is 0. The van der Waals surface area contributed by atoms with Gasteiger partial charge in [-0.15, -0.1) is 0 Å². The molecule has 3 heteroatoms. The highest BCUT2D eigenvalue weighted by molar-refractivity contribution is 5.58. The Morgan fingerprint density at radius 3 is 2.55 bits per heavy atom. The summed E-state index contributed by atoms with van der Waals surface area (Å²) in [5, 5.41) is 3.51. The lowest BCUT2D eigenvalue weighted by Gasteiger charge is -2.12. The molecular formula is C17H19N3. The Morgan fingerprint density at radius 1 is 1.10 bits per heavy atom. The molecule has 3 rings (SSSR count). The lowest BCUT2D eigenvalue weighted by molar-refractivity contribution is 1.07. The summed E-state index contributed by atoms with van der Waals surface area (Å²) in [5.74, 6) is 0. The Kier molecular flexibility index (Phi) is 3.18. The van der Waals surface area contributed by atoms with Gasteiger partial charge in [0, 0.05) is 18.1 Å². The molecule has 0 bridgehead atoms. The molecule has 2 heterocycles. The van der Waals surface area contributed by atoms with Gasteiger partial charge in [0.2, 0.25) is 0 Å². The van der Waals surface area contributed by atoms with Gasteiger partial charge < -0.3 is 9.72 Å². The van der Waals surface area contributed by atoms with Crippen LogP contribution in [0.1, 0.15) is 22.4 Å². The first-order valence-corrected chi connectivity index (χ1v) is 6.88. The van der Waals surface area contributed by atoms with Gasteiger partial charge in [0.05, 0.1) is 12.2 Å². The van der Waals surface area contributed by atoms with Crippen molar-refractivity contribution in [3.05, 3.63) is 65.1 Å². The smallest absolute Gasteiger partial charge is 0.137 e. The molecule has 0 unspecified atom stereocenters. The second kappa shape index (κ2) is 5.00. The number of aromatic nitrogens is 2. The minimum absolute atomic E-state index is 0.742. The van der Waals surface area contributed by atoms with Crippen molar-refractivity contribution in [2.45, 2.75) is 27.3 Å². The molecule has 0 aliphatic rings. The lowest BCUT2D eigenvalue weighted by Crippen LogP contribution is -2.03. The average molecular weight is 265 g/mol. The number of rotatable bonds is 3. The molecule has 1 aromatic carbocycles. The molecule has 0 spiro atoms. The first-order chi connectivity index (χ1) is 9.63. The number of anilines is 1. The van der Waals surface area contributed by atoms with Crippen molar-refractivity contribution in [3.63, 3.8) is 0 Å². The van der Waals surface area contributed by atoms with E-state index in [1.165, 1.54) is 22.4 Å². The summed E-state index contributed by atoms with van der Waals surface area (Å²) >= 11 is 0. The van der Waals surface area contributed by atoms with Gasteiger partial charge in [-0.3, -0.25) is 0 Å². The predicted octanol–water partition coefficient (Wildman–Crippen LogP) is 3.87. The number of hydrogen-bond donors (Lipinski definition) is 1. The molecule has 3 nitrogen and oxygen atoms in total. The fourth-order valence-corrected chi connectivity index (χ4v) is 2.71. The van der Waals surface area contributed by atoms with Gasteiger partial charge in [-0.2, -0.15) is 0 Å². The Labute approximate surface area is 119 Å². The number of fused-ring (bicyclic) bond motifs is 1. The minimum Gasteiger partial charge on any atom is -0.379 e. The van der Waals surface area contributed by atoms with Gasteiger partial charge in [-0.25, -0.2) is 4.98 Å². The average Bonchev–Trinajstić information content (AvgIpc) is 2.80. The predicted molar refractivity (Wildman–Crippen MR) is 83.2 cm³/mol. The Bertz CT molecular complexity index is 700. The van der Waals surface area contributed by atoms with E-state index in [1.807, 2.05) is 28.8 Å². The molecule has 0 amide bonds. The molecule has 0 aliphatic carbocycles. The van der Waals surface area contributed by atoms with Crippen LogP contribution in [0.25, 0.3) is 5.65 Å². The molecule has 0 aliphatic heterocycles. The summed E-state index contributed by atoms with van der Waals surface area (Å²) in [6.07, 6.45) is 4.09. The van der Waals surface area contributed by atoms with Crippen molar-refractivity contribution in [1.82, 2.24) is 9.38 Å². The van der Waals surface area contributed by atoms with Gasteiger partial charge in [-0.05, 0) is 44.0 Å². The van der Waals surface area contributed by atoms with E-state index >= 15 is 0 Å². The third kappa shape index (κ3) is 2.39. The highest BCUT2D eigenvalue weighted by atomic mass is 15.0. The highest BCUT2D eigenvalue weighted by Crippen LogP contribution is 2.22. The zero-order chi connectivity index (χ0) is 14.1. The standard InChI is InChI=1S/C17H19N3/c1-12-8-13(2)17(14(3)9-12)18-10-15-11-20-7-5-4-6-16(20)19-15/h4-9,11,18H,10H2,1-3H3. The van der Waals surface area contributed by atoms with E-state index in [9.17, 15) is 0 Å². The van der Waals surface area contributed by atoms with Gasteiger partial charge in [-0.1, -0.05) is 23.8 Å². The van der Waals surface area contributed by atoms with Crippen LogP contribution in [0.5, 0.6) is 0 Å². The molecule has 0 fully saturated rings. The number of imidazole rings is 1. The van der Waals surface area contributed by atoms with Crippen LogP contribution in [0.4, 0.5) is 5.69 Å². The maximum Gasteiger partial charge on any atom is 0.137 e. The zero-order valence-corrected chi connectivity index (χ0v) is 12.1. The van der Waals surface area contributed by atoms with E-state index in [-0.39, 0.29) is 0 Å². The molecule has 20 heavy (non-hydrogen) atoms. The Hall–Kier alpha value is -2.29. The third-order valence-electron chi connectivity index (χ3n) is 3.54. The molecule has 0 saturated heterocycles. The van der Waals surface area contributed by atoms with Gasteiger partial charge in [0.1, 0.15) is 5.65 Å². The molecule has 102 valence electrons. The molecule has 0 atom stereocenters.